The Balaban J connectivity index is 1.53. The van der Waals surface area contributed by atoms with Crippen molar-refractivity contribution in [1.82, 2.24) is 10.2 Å². The van der Waals surface area contributed by atoms with Crippen molar-refractivity contribution in [3.8, 4) is 11.5 Å². The Morgan fingerprint density at radius 1 is 1.06 bits per heavy atom. The van der Waals surface area contributed by atoms with Crippen LogP contribution < -0.4 is 20.1 Å². The molecule has 1 atom stereocenters. The number of methoxy groups -OCH3 is 2. The fraction of sp³-hybridized carbons (Fsp3) is 0.250. The molecule has 1 aromatic heterocycles. The molecule has 2 aromatic carbocycles. The van der Waals surface area contributed by atoms with Crippen molar-refractivity contribution in [1.29, 1.82) is 0 Å². The van der Waals surface area contributed by atoms with Crippen LogP contribution in [0.2, 0.25) is 0 Å². The summed E-state index contributed by atoms with van der Waals surface area (Å²) >= 11 is 1.64. The van der Waals surface area contributed by atoms with E-state index in [0.717, 1.165) is 16.9 Å². The maximum Gasteiger partial charge on any atom is 0.325 e. The maximum atomic E-state index is 12.7. The minimum atomic E-state index is -0.544. The van der Waals surface area contributed by atoms with Crippen LogP contribution in [0.4, 0.5) is 10.5 Å². The first-order valence-electron chi connectivity index (χ1n) is 10.3. The Labute approximate surface area is 191 Å². The highest BCUT2D eigenvalue weighted by molar-refractivity contribution is 7.10. The molecule has 0 saturated carbocycles. The molecule has 3 aromatic rings. The van der Waals surface area contributed by atoms with E-state index in [1.165, 1.54) is 5.56 Å². The zero-order valence-corrected chi connectivity index (χ0v) is 18.8. The summed E-state index contributed by atoms with van der Waals surface area (Å²) in [7, 11) is 3.24. The zero-order valence-electron chi connectivity index (χ0n) is 18.0. The van der Waals surface area contributed by atoms with E-state index in [4.69, 9.17) is 9.47 Å². The summed E-state index contributed by atoms with van der Waals surface area (Å²) < 4.78 is 11.0. The highest BCUT2D eigenvalue weighted by Gasteiger charge is 2.32. The molecule has 8 heteroatoms. The van der Waals surface area contributed by atoms with Gasteiger partial charge in [0, 0.05) is 17.1 Å². The first-order chi connectivity index (χ1) is 15.6. The number of fused-ring (bicyclic) bond motifs is 1. The van der Waals surface area contributed by atoms with E-state index < -0.39 is 6.03 Å². The van der Waals surface area contributed by atoms with Crippen LogP contribution in [0.25, 0.3) is 0 Å². The van der Waals surface area contributed by atoms with Crippen molar-refractivity contribution < 1.29 is 19.1 Å². The van der Waals surface area contributed by atoms with Crippen LogP contribution >= 0.6 is 11.3 Å². The molecule has 1 unspecified atom stereocenters. The molecule has 4 rings (SSSR count). The SMILES string of the molecule is COc1cc2c(cc1OC)C(c1cccs1)N(CC(=O)NC(=O)Nc1ccccc1)CC2. The minimum Gasteiger partial charge on any atom is -0.493 e. The number of carbonyl (C=O) groups excluding carboxylic acids is 2. The number of hydrogen-bond donors (Lipinski definition) is 2. The molecule has 166 valence electrons. The first kappa shape index (κ1) is 21.9. The molecule has 0 fully saturated rings. The van der Waals surface area contributed by atoms with E-state index in [-0.39, 0.29) is 18.5 Å². The molecule has 0 bridgehead atoms. The summed E-state index contributed by atoms with van der Waals surface area (Å²) in [5.41, 5.74) is 2.87. The average Bonchev–Trinajstić information content (AvgIpc) is 3.32. The number of nitrogens with zero attached hydrogens (tertiary/aromatic N) is 1. The molecule has 2 N–H and O–H groups in total. The second kappa shape index (κ2) is 9.84. The lowest BCUT2D eigenvalue weighted by Crippen LogP contribution is -2.45. The summed E-state index contributed by atoms with van der Waals surface area (Å²) in [6.07, 6.45) is 0.765. The highest BCUT2D eigenvalue weighted by atomic mass is 32.1. The monoisotopic (exact) mass is 451 g/mol. The number of anilines is 1. The second-order valence-corrected chi connectivity index (χ2v) is 8.39. The molecular formula is C24H25N3O4S. The average molecular weight is 452 g/mol. The van der Waals surface area contributed by atoms with Gasteiger partial charge in [0.25, 0.3) is 0 Å². The molecule has 0 saturated heterocycles. The van der Waals surface area contributed by atoms with E-state index in [1.807, 2.05) is 41.8 Å². The number of carbonyl (C=O) groups is 2. The number of thiophene rings is 1. The van der Waals surface area contributed by atoms with Crippen molar-refractivity contribution in [2.24, 2.45) is 0 Å². The number of imide groups is 1. The van der Waals surface area contributed by atoms with Crippen LogP contribution in [-0.4, -0.2) is 44.1 Å². The minimum absolute atomic E-state index is 0.0958. The van der Waals surface area contributed by atoms with Gasteiger partial charge < -0.3 is 14.8 Å². The number of ether oxygens (including phenoxy) is 2. The van der Waals surface area contributed by atoms with Gasteiger partial charge in [-0.15, -0.1) is 11.3 Å². The van der Waals surface area contributed by atoms with Crippen LogP contribution in [0, 0.1) is 0 Å². The van der Waals surface area contributed by atoms with Gasteiger partial charge in [-0.2, -0.15) is 0 Å². The third-order valence-corrected chi connectivity index (χ3v) is 6.34. The van der Waals surface area contributed by atoms with Crippen LogP contribution in [0.15, 0.2) is 60.0 Å². The molecule has 7 nitrogen and oxygen atoms in total. The van der Waals surface area contributed by atoms with Gasteiger partial charge in [0.15, 0.2) is 11.5 Å². The molecular weight excluding hydrogens is 426 g/mol. The lowest BCUT2D eigenvalue weighted by Gasteiger charge is -2.36. The van der Waals surface area contributed by atoms with Crippen molar-refractivity contribution in [2.75, 3.05) is 32.6 Å². The summed E-state index contributed by atoms with van der Waals surface area (Å²) in [6.45, 7) is 0.775. The summed E-state index contributed by atoms with van der Waals surface area (Å²) in [5.74, 6) is 0.991. The predicted molar refractivity (Wildman–Crippen MR) is 125 cm³/mol. The second-order valence-electron chi connectivity index (χ2n) is 7.41. The Hall–Kier alpha value is -3.36. The molecule has 1 aliphatic heterocycles. The van der Waals surface area contributed by atoms with E-state index in [0.29, 0.717) is 23.7 Å². The normalized spacial score (nSPS) is 15.5. The number of benzene rings is 2. The molecule has 32 heavy (non-hydrogen) atoms. The lowest BCUT2D eigenvalue weighted by atomic mass is 9.91. The van der Waals surface area contributed by atoms with Gasteiger partial charge in [-0.05, 0) is 53.3 Å². The van der Waals surface area contributed by atoms with Gasteiger partial charge in [0.05, 0.1) is 26.8 Å². The standard InChI is InChI=1S/C24H25N3O4S/c1-30-19-13-16-10-11-27(15-22(28)26-24(29)25-17-7-4-3-5-8-17)23(21-9-6-12-32-21)18(16)14-20(19)31-2/h3-9,12-14,23H,10-11,15H2,1-2H3,(H2,25,26,28,29). The fourth-order valence-electron chi connectivity index (χ4n) is 3.98. The number of urea groups is 1. The number of hydrogen-bond acceptors (Lipinski definition) is 6. The zero-order chi connectivity index (χ0) is 22.5. The summed E-state index contributed by atoms with van der Waals surface area (Å²) in [4.78, 5) is 28.2. The van der Waals surface area contributed by atoms with Crippen molar-refractivity contribution in [3.63, 3.8) is 0 Å². The number of nitrogens with one attached hydrogen (secondary N) is 2. The first-order valence-corrected chi connectivity index (χ1v) is 11.1. The fourth-order valence-corrected chi connectivity index (χ4v) is 4.86. The van der Waals surface area contributed by atoms with Crippen LogP contribution in [0.5, 0.6) is 11.5 Å². The predicted octanol–water partition coefficient (Wildman–Crippen LogP) is 4.06. The quantitative estimate of drug-likeness (QED) is 0.591. The smallest absolute Gasteiger partial charge is 0.325 e. The molecule has 3 amide bonds. The van der Waals surface area contributed by atoms with E-state index in [1.54, 1.807) is 37.7 Å². The van der Waals surface area contributed by atoms with Crippen LogP contribution in [-0.2, 0) is 11.2 Å². The lowest BCUT2D eigenvalue weighted by molar-refractivity contribution is -0.121. The number of para-hydroxylation sites is 1. The Morgan fingerprint density at radius 2 is 1.81 bits per heavy atom. The van der Waals surface area contributed by atoms with Crippen molar-refractivity contribution >= 4 is 29.0 Å². The number of rotatable bonds is 6. The maximum absolute atomic E-state index is 12.7. The molecule has 0 spiro atoms. The Kier molecular flexibility index (Phi) is 6.72. The van der Waals surface area contributed by atoms with Crippen LogP contribution in [0.3, 0.4) is 0 Å². The van der Waals surface area contributed by atoms with Gasteiger partial charge in [-0.3, -0.25) is 15.0 Å². The van der Waals surface area contributed by atoms with Gasteiger partial charge in [0.1, 0.15) is 0 Å². The van der Waals surface area contributed by atoms with Crippen molar-refractivity contribution in [2.45, 2.75) is 12.5 Å². The topological polar surface area (TPSA) is 79.9 Å². The third-order valence-electron chi connectivity index (χ3n) is 5.42. The molecule has 2 heterocycles. The largest absolute Gasteiger partial charge is 0.493 e. The Bertz CT molecular complexity index is 1090. The summed E-state index contributed by atoms with van der Waals surface area (Å²) in [6, 6.07) is 16.4. The van der Waals surface area contributed by atoms with E-state index in [9.17, 15) is 9.59 Å². The van der Waals surface area contributed by atoms with E-state index in [2.05, 4.69) is 21.6 Å². The van der Waals surface area contributed by atoms with Gasteiger partial charge >= 0.3 is 6.03 Å². The van der Waals surface area contributed by atoms with Gasteiger partial charge in [0.2, 0.25) is 5.91 Å². The highest BCUT2D eigenvalue weighted by Crippen LogP contribution is 2.42. The van der Waals surface area contributed by atoms with Gasteiger partial charge in [-0.1, -0.05) is 24.3 Å². The molecule has 0 radical (unpaired) electrons. The molecule has 0 aliphatic carbocycles. The van der Waals surface area contributed by atoms with Crippen molar-refractivity contribution in [3.05, 3.63) is 76.0 Å². The van der Waals surface area contributed by atoms with Crippen LogP contribution in [0.1, 0.15) is 22.0 Å². The Morgan fingerprint density at radius 3 is 2.50 bits per heavy atom. The number of amides is 3. The van der Waals surface area contributed by atoms with E-state index >= 15 is 0 Å². The summed E-state index contributed by atoms with van der Waals surface area (Å²) in [5, 5.41) is 7.13. The van der Waals surface area contributed by atoms with Gasteiger partial charge in [-0.25, -0.2) is 4.79 Å². The molecule has 1 aliphatic rings. The third kappa shape index (κ3) is 4.76.